The zero-order chi connectivity index (χ0) is 57.4. The SMILES string of the molecule is c1ccc(-c2ccc3c(c2)c2cc(-c4ccccc4)ccc2n3-c2c(-c3ccccc3-n3c4ccccc4c4ccccc43)cc(-c3cc(-c4ccccc4)nc(-c4ccccc4)n3)cc2-c2ccccc2-n2c3ccccc3c3ccccc32)cc1. The fourth-order valence-corrected chi connectivity index (χ4v) is 13.5. The molecule has 0 aliphatic rings. The van der Waals surface area contributed by atoms with E-state index in [1.807, 2.05) is 6.07 Å². The smallest absolute Gasteiger partial charge is 0.160 e. The zero-order valence-electron chi connectivity index (χ0n) is 47.3. The first-order valence-electron chi connectivity index (χ1n) is 29.7. The second kappa shape index (κ2) is 20.6. The fourth-order valence-electron chi connectivity index (χ4n) is 13.5. The molecule has 4 heterocycles. The Morgan fingerprint density at radius 1 is 0.195 bits per heavy atom. The molecule has 5 heteroatoms. The van der Waals surface area contributed by atoms with Gasteiger partial charge in [0.25, 0.3) is 0 Å². The summed E-state index contributed by atoms with van der Waals surface area (Å²) in [5.74, 6) is 0.654. The summed E-state index contributed by atoms with van der Waals surface area (Å²) in [6.07, 6.45) is 0. The molecule has 0 aliphatic carbocycles. The summed E-state index contributed by atoms with van der Waals surface area (Å²) in [6, 6.07) is 117. The minimum absolute atomic E-state index is 0.654. The Bertz CT molecular complexity index is 5060. The topological polar surface area (TPSA) is 40.6 Å². The maximum atomic E-state index is 5.62. The van der Waals surface area contributed by atoms with Crippen LogP contribution in [-0.2, 0) is 0 Å². The Balaban J connectivity index is 1.06. The van der Waals surface area contributed by atoms with Gasteiger partial charge in [-0.3, -0.25) is 0 Å². The van der Waals surface area contributed by atoms with Crippen LogP contribution < -0.4 is 0 Å². The predicted octanol–water partition coefficient (Wildman–Crippen LogP) is 21.4. The summed E-state index contributed by atoms with van der Waals surface area (Å²) in [5, 5.41) is 7.12. The molecule has 17 aromatic rings. The largest absolute Gasteiger partial charge is 0.309 e. The van der Waals surface area contributed by atoms with Crippen molar-refractivity contribution in [2.75, 3.05) is 0 Å². The highest BCUT2D eigenvalue weighted by molar-refractivity contribution is 6.15. The highest BCUT2D eigenvalue weighted by Gasteiger charge is 2.28. The van der Waals surface area contributed by atoms with Crippen molar-refractivity contribution in [2.45, 2.75) is 0 Å². The Morgan fingerprint density at radius 2 is 0.529 bits per heavy atom. The van der Waals surface area contributed by atoms with Gasteiger partial charge in [-0.05, 0) is 101 Å². The van der Waals surface area contributed by atoms with Crippen LogP contribution in [0.25, 0.3) is 161 Å². The van der Waals surface area contributed by atoms with Gasteiger partial charge < -0.3 is 13.7 Å². The molecular formula is C82H53N5. The van der Waals surface area contributed by atoms with E-state index >= 15 is 0 Å². The minimum atomic E-state index is 0.654. The molecule has 5 nitrogen and oxygen atoms in total. The Labute approximate surface area is 503 Å². The zero-order valence-corrected chi connectivity index (χ0v) is 47.3. The van der Waals surface area contributed by atoms with Crippen molar-refractivity contribution in [2.24, 2.45) is 0 Å². The lowest BCUT2D eigenvalue weighted by atomic mass is 9.90. The molecule has 0 unspecified atom stereocenters. The normalized spacial score (nSPS) is 11.7. The molecule has 87 heavy (non-hydrogen) atoms. The Hall–Kier alpha value is -11.7. The van der Waals surface area contributed by atoms with Crippen LogP contribution in [0.15, 0.2) is 322 Å². The summed E-state index contributed by atoms with van der Waals surface area (Å²) >= 11 is 0. The first-order valence-corrected chi connectivity index (χ1v) is 29.7. The number of aromatic nitrogens is 5. The highest BCUT2D eigenvalue weighted by atomic mass is 15.0. The van der Waals surface area contributed by atoms with Crippen molar-refractivity contribution in [1.82, 2.24) is 23.7 Å². The molecule has 0 saturated heterocycles. The third-order valence-electron chi connectivity index (χ3n) is 17.5. The van der Waals surface area contributed by atoms with E-state index in [0.717, 1.165) is 122 Å². The number of hydrogen-bond acceptors (Lipinski definition) is 2. The molecular weight excluding hydrogens is 1050 g/mol. The lowest BCUT2D eigenvalue weighted by Gasteiger charge is -2.24. The minimum Gasteiger partial charge on any atom is -0.309 e. The van der Waals surface area contributed by atoms with Gasteiger partial charge in [0.15, 0.2) is 5.82 Å². The molecule has 4 aromatic heterocycles. The van der Waals surface area contributed by atoms with E-state index in [2.05, 4.69) is 329 Å². The third kappa shape index (κ3) is 8.31. The average molecular weight is 1110 g/mol. The third-order valence-corrected chi connectivity index (χ3v) is 17.5. The number of hydrogen-bond donors (Lipinski definition) is 0. The van der Waals surface area contributed by atoms with E-state index in [-0.39, 0.29) is 0 Å². The molecule has 0 radical (unpaired) electrons. The van der Waals surface area contributed by atoms with Crippen LogP contribution in [0.3, 0.4) is 0 Å². The van der Waals surface area contributed by atoms with Crippen molar-refractivity contribution in [3.05, 3.63) is 322 Å². The monoisotopic (exact) mass is 1110 g/mol. The lowest BCUT2D eigenvalue weighted by Crippen LogP contribution is -2.06. The van der Waals surface area contributed by atoms with Crippen LogP contribution >= 0.6 is 0 Å². The molecule has 0 N–H and O–H groups in total. The molecule has 17 rings (SSSR count). The van der Waals surface area contributed by atoms with Crippen LogP contribution in [0.2, 0.25) is 0 Å². The maximum Gasteiger partial charge on any atom is 0.160 e. The molecule has 13 aromatic carbocycles. The van der Waals surface area contributed by atoms with E-state index < -0.39 is 0 Å². The van der Waals surface area contributed by atoms with Gasteiger partial charge in [-0.25, -0.2) is 9.97 Å². The van der Waals surface area contributed by atoms with Gasteiger partial charge in [-0.15, -0.1) is 0 Å². The molecule has 0 spiro atoms. The molecule has 0 aliphatic heterocycles. The van der Waals surface area contributed by atoms with Gasteiger partial charge in [0.1, 0.15) is 0 Å². The first kappa shape index (κ1) is 49.9. The second-order valence-corrected chi connectivity index (χ2v) is 22.4. The molecule has 0 amide bonds. The van der Waals surface area contributed by atoms with E-state index in [1.165, 1.54) is 32.7 Å². The molecule has 0 bridgehead atoms. The number of fused-ring (bicyclic) bond motifs is 9. The van der Waals surface area contributed by atoms with Crippen LogP contribution in [0.5, 0.6) is 0 Å². The number of para-hydroxylation sites is 6. The highest BCUT2D eigenvalue weighted by Crippen LogP contribution is 2.49. The summed E-state index contributed by atoms with van der Waals surface area (Å²) < 4.78 is 7.51. The van der Waals surface area contributed by atoms with E-state index in [1.54, 1.807) is 0 Å². The first-order chi connectivity index (χ1) is 43.2. The standard InChI is InChI=1S/C82H53N5/c1-5-25-54(26-6-1)58-45-47-79-67(49-58)68-50-59(55-27-7-2-8-28-55)46-48-80(68)87(79)81-69(65-37-17-23-43-77(65)85-73-39-19-13-33-61(73)62-34-14-20-40-74(62)85)51-60(72-53-71(56-29-9-3-10-30-56)83-82(84-72)57-31-11-4-12-32-57)52-70(81)66-38-18-24-44-78(66)86-75-41-21-15-35-63(75)64-36-16-22-42-76(64)86/h1-53H. The maximum absolute atomic E-state index is 5.62. The molecule has 0 atom stereocenters. The van der Waals surface area contributed by atoms with E-state index in [9.17, 15) is 0 Å². The van der Waals surface area contributed by atoms with Crippen molar-refractivity contribution >= 4 is 65.4 Å². The molecule has 406 valence electrons. The van der Waals surface area contributed by atoms with Crippen molar-refractivity contribution in [1.29, 1.82) is 0 Å². The predicted molar refractivity (Wildman–Crippen MR) is 363 cm³/mol. The van der Waals surface area contributed by atoms with E-state index in [4.69, 9.17) is 9.97 Å². The second-order valence-electron chi connectivity index (χ2n) is 22.4. The van der Waals surface area contributed by atoms with Crippen molar-refractivity contribution in [3.63, 3.8) is 0 Å². The van der Waals surface area contributed by atoms with E-state index in [0.29, 0.717) is 5.82 Å². The van der Waals surface area contributed by atoms with Crippen molar-refractivity contribution in [3.8, 4) is 95.5 Å². The number of benzene rings is 13. The summed E-state index contributed by atoms with van der Waals surface area (Å²) in [7, 11) is 0. The molecule has 0 fully saturated rings. The fraction of sp³-hybridized carbons (Fsp3) is 0. The van der Waals surface area contributed by atoms with Crippen LogP contribution in [0.4, 0.5) is 0 Å². The summed E-state index contributed by atoms with van der Waals surface area (Å²) in [5.41, 5.74) is 23.3. The summed E-state index contributed by atoms with van der Waals surface area (Å²) in [4.78, 5) is 11.0. The lowest BCUT2D eigenvalue weighted by molar-refractivity contribution is 1.15. The molecule has 0 saturated carbocycles. The quantitative estimate of drug-likeness (QED) is 0.137. The van der Waals surface area contributed by atoms with Gasteiger partial charge in [0, 0.05) is 71.3 Å². The van der Waals surface area contributed by atoms with Crippen LogP contribution in [-0.4, -0.2) is 23.7 Å². The average Bonchev–Trinajstić information content (AvgIpc) is 2.12. The van der Waals surface area contributed by atoms with Crippen LogP contribution in [0, 0.1) is 0 Å². The van der Waals surface area contributed by atoms with Gasteiger partial charge in [0.2, 0.25) is 0 Å². The number of nitrogens with zero attached hydrogens (tertiary/aromatic N) is 5. The van der Waals surface area contributed by atoms with Gasteiger partial charge in [0.05, 0.1) is 61.6 Å². The Kier molecular flexibility index (Phi) is 11.8. The van der Waals surface area contributed by atoms with Crippen LogP contribution in [0.1, 0.15) is 0 Å². The van der Waals surface area contributed by atoms with Gasteiger partial charge in [-0.1, -0.05) is 243 Å². The number of rotatable bonds is 10. The van der Waals surface area contributed by atoms with Gasteiger partial charge in [-0.2, -0.15) is 0 Å². The van der Waals surface area contributed by atoms with Crippen molar-refractivity contribution < 1.29 is 0 Å². The Morgan fingerprint density at radius 3 is 0.954 bits per heavy atom. The van der Waals surface area contributed by atoms with Gasteiger partial charge >= 0.3 is 0 Å². The summed E-state index contributed by atoms with van der Waals surface area (Å²) in [6.45, 7) is 0.